The van der Waals surface area contributed by atoms with Crippen LogP contribution in [0.4, 0.5) is 23.2 Å². The molecular weight excluding hydrogens is 458 g/mol. The summed E-state index contributed by atoms with van der Waals surface area (Å²) in [5, 5.41) is 6.64. The van der Waals surface area contributed by atoms with Crippen LogP contribution in [0.2, 0.25) is 0 Å². The second-order valence-electron chi connectivity index (χ2n) is 7.97. The highest BCUT2D eigenvalue weighted by molar-refractivity contribution is 6.06. The van der Waals surface area contributed by atoms with Crippen molar-refractivity contribution >= 4 is 11.6 Å². The lowest BCUT2D eigenvalue weighted by Crippen LogP contribution is -2.32. The molecule has 34 heavy (non-hydrogen) atoms. The second-order valence-corrected chi connectivity index (χ2v) is 7.97. The van der Waals surface area contributed by atoms with Crippen LogP contribution in [0.1, 0.15) is 41.5 Å². The van der Waals surface area contributed by atoms with Gasteiger partial charge in [-0.05, 0) is 44.4 Å². The molecule has 1 atom stereocenters. The van der Waals surface area contributed by atoms with Gasteiger partial charge in [0.25, 0.3) is 5.91 Å². The van der Waals surface area contributed by atoms with Crippen LogP contribution in [-0.4, -0.2) is 37.5 Å². The van der Waals surface area contributed by atoms with Crippen molar-refractivity contribution in [2.45, 2.75) is 51.9 Å². The van der Waals surface area contributed by atoms with Gasteiger partial charge in [0.15, 0.2) is 6.10 Å². The number of rotatable bonds is 5. The van der Waals surface area contributed by atoms with Crippen LogP contribution < -0.4 is 15.7 Å². The van der Waals surface area contributed by atoms with Gasteiger partial charge in [0, 0.05) is 25.2 Å². The summed E-state index contributed by atoms with van der Waals surface area (Å²) < 4.78 is 62.0. The van der Waals surface area contributed by atoms with Gasteiger partial charge >= 0.3 is 11.9 Å². The van der Waals surface area contributed by atoms with Gasteiger partial charge in [-0.2, -0.15) is 17.9 Å². The van der Waals surface area contributed by atoms with E-state index in [1.807, 2.05) is 0 Å². The van der Waals surface area contributed by atoms with Crippen molar-refractivity contribution < 1.29 is 27.1 Å². The summed E-state index contributed by atoms with van der Waals surface area (Å²) in [5.41, 5.74) is -0.568. The maximum Gasteiger partial charge on any atom is 0.425 e. The molecule has 0 saturated heterocycles. The average molecular weight is 479 g/mol. The van der Waals surface area contributed by atoms with Crippen LogP contribution in [0.5, 0.6) is 5.75 Å². The van der Waals surface area contributed by atoms with Crippen molar-refractivity contribution in [1.82, 2.24) is 19.3 Å². The largest absolute Gasteiger partial charge is 0.480 e. The maximum absolute atomic E-state index is 15.1. The fourth-order valence-electron chi connectivity index (χ4n) is 3.58. The van der Waals surface area contributed by atoms with Gasteiger partial charge in [0.1, 0.15) is 23.1 Å². The number of nitrogens with zero attached hydrogens (tertiary/aromatic N) is 4. The number of ether oxygens (including phenoxy) is 1. The molecule has 1 aliphatic rings. The summed E-state index contributed by atoms with van der Waals surface area (Å²) in [4.78, 5) is 29.5. The van der Waals surface area contributed by atoms with E-state index in [4.69, 9.17) is 4.74 Å². The Bertz CT molecular complexity index is 1300. The first-order valence-electron chi connectivity index (χ1n) is 10.5. The molecule has 1 aliphatic heterocycles. The molecule has 0 aliphatic carbocycles. The molecule has 0 spiro atoms. The third-order valence-corrected chi connectivity index (χ3v) is 5.55. The van der Waals surface area contributed by atoms with Crippen LogP contribution in [0.15, 0.2) is 35.4 Å². The number of aryl methyl sites for hydroxylation is 2. The number of alkyl halides is 3. The third kappa shape index (κ3) is 4.52. The Morgan fingerprint density at radius 1 is 1.26 bits per heavy atom. The van der Waals surface area contributed by atoms with Crippen LogP contribution in [0.3, 0.4) is 0 Å². The summed E-state index contributed by atoms with van der Waals surface area (Å²) in [6.07, 6.45) is -2.11. The maximum atomic E-state index is 15.1. The monoisotopic (exact) mass is 479 g/mol. The van der Waals surface area contributed by atoms with E-state index in [0.717, 1.165) is 36.6 Å². The Hall–Kier alpha value is -3.70. The Labute approximate surface area is 191 Å². The minimum Gasteiger partial charge on any atom is -0.480 e. The standard InChI is InChI=1S/C22H21F4N5O3/c1-12-6-7-27-11-16(12)28-20(32)14-9-15(23)17(10-18(14)34-13(2)22(24,25)26)31-21(33)30-8-4-3-5-19(30)29-31/h6-7,9-11,13H,3-5,8H2,1-2H3,(H,28,32)/t13-/m0/s1. The van der Waals surface area contributed by atoms with Gasteiger partial charge in [-0.3, -0.25) is 14.3 Å². The first-order valence-corrected chi connectivity index (χ1v) is 10.5. The van der Waals surface area contributed by atoms with Crippen molar-refractivity contribution in [3.63, 3.8) is 0 Å². The molecule has 0 fully saturated rings. The van der Waals surface area contributed by atoms with E-state index >= 15 is 4.39 Å². The molecule has 1 amide bonds. The molecule has 3 heterocycles. The van der Waals surface area contributed by atoms with Crippen LogP contribution in [-0.2, 0) is 13.0 Å². The zero-order chi connectivity index (χ0) is 24.6. The first-order chi connectivity index (χ1) is 16.1. The number of halogens is 4. The highest BCUT2D eigenvalue weighted by atomic mass is 19.4. The number of hydrogen-bond donors (Lipinski definition) is 1. The summed E-state index contributed by atoms with van der Waals surface area (Å²) in [7, 11) is 0. The minimum absolute atomic E-state index is 0.296. The number of amides is 1. The Kier molecular flexibility index (Phi) is 6.15. The van der Waals surface area contributed by atoms with Crippen LogP contribution in [0.25, 0.3) is 5.69 Å². The molecule has 2 aromatic heterocycles. The van der Waals surface area contributed by atoms with Crippen molar-refractivity contribution in [2.75, 3.05) is 5.32 Å². The van der Waals surface area contributed by atoms with Crippen molar-refractivity contribution in [3.05, 3.63) is 63.8 Å². The normalized spacial score (nSPS) is 14.4. The fraction of sp³-hybridized carbons (Fsp3) is 0.364. The quantitative estimate of drug-likeness (QED) is 0.563. The number of fused-ring (bicyclic) bond motifs is 1. The number of pyridine rings is 1. The van der Waals surface area contributed by atoms with E-state index in [-0.39, 0.29) is 0 Å². The molecule has 0 saturated carbocycles. The second kappa shape index (κ2) is 8.92. The molecule has 12 heteroatoms. The Morgan fingerprint density at radius 2 is 2.03 bits per heavy atom. The van der Waals surface area contributed by atoms with E-state index in [2.05, 4.69) is 15.4 Å². The van der Waals surface area contributed by atoms with E-state index in [0.29, 0.717) is 30.0 Å². The minimum atomic E-state index is -4.74. The molecular formula is C22H21F4N5O3. The number of anilines is 1. The highest BCUT2D eigenvalue weighted by Gasteiger charge is 2.39. The average Bonchev–Trinajstić information content (AvgIpc) is 3.12. The van der Waals surface area contributed by atoms with Gasteiger partial charge in [0.05, 0.1) is 17.4 Å². The number of nitrogens with one attached hydrogen (secondary N) is 1. The van der Waals surface area contributed by atoms with Crippen LogP contribution >= 0.6 is 0 Å². The number of carbonyl (C=O) groups is 1. The fourth-order valence-corrected chi connectivity index (χ4v) is 3.58. The zero-order valence-corrected chi connectivity index (χ0v) is 18.3. The van der Waals surface area contributed by atoms with Crippen molar-refractivity contribution in [1.29, 1.82) is 0 Å². The highest BCUT2D eigenvalue weighted by Crippen LogP contribution is 2.31. The third-order valence-electron chi connectivity index (χ3n) is 5.55. The Morgan fingerprint density at radius 3 is 2.71 bits per heavy atom. The summed E-state index contributed by atoms with van der Waals surface area (Å²) in [5.74, 6) is -2.01. The van der Waals surface area contributed by atoms with Gasteiger partial charge in [-0.25, -0.2) is 9.18 Å². The molecule has 4 rings (SSSR count). The van der Waals surface area contributed by atoms with Crippen LogP contribution in [0, 0.1) is 12.7 Å². The number of carbonyl (C=O) groups excluding carboxylic acids is 1. The van der Waals surface area contributed by atoms with Gasteiger partial charge in [-0.15, -0.1) is 5.10 Å². The summed E-state index contributed by atoms with van der Waals surface area (Å²) in [6.45, 7) is 2.86. The SMILES string of the molecule is Cc1ccncc1NC(=O)c1cc(F)c(-n2nc3n(c2=O)CCCC3)cc1O[C@@H](C)C(F)(F)F. The molecule has 0 bridgehead atoms. The summed E-state index contributed by atoms with van der Waals surface area (Å²) in [6, 6.07) is 3.25. The van der Waals surface area contributed by atoms with E-state index in [1.54, 1.807) is 13.0 Å². The molecule has 3 aromatic rings. The van der Waals surface area contributed by atoms with E-state index in [9.17, 15) is 22.8 Å². The topological polar surface area (TPSA) is 91.0 Å². The molecule has 0 unspecified atom stereocenters. The lowest BCUT2D eigenvalue weighted by Gasteiger charge is -2.20. The smallest absolute Gasteiger partial charge is 0.425 e. The molecule has 1 aromatic carbocycles. The predicted octanol–water partition coefficient (Wildman–Crippen LogP) is 3.79. The Balaban J connectivity index is 1.79. The molecule has 8 nitrogen and oxygen atoms in total. The van der Waals surface area contributed by atoms with Crippen molar-refractivity contribution in [2.24, 2.45) is 0 Å². The number of benzene rings is 1. The van der Waals surface area contributed by atoms with E-state index in [1.165, 1.54) is 17.0 Å². The summed E-state index contributed by atoms with van der Waals surface area (Å²) >= 11 is 0. The van der Waals surface area contributed by atoms with E-state index < -0.39 is 46.7 Å². The predicted molar refractivity (Wildman–Crippen MR) is 114 cm³/mol. The van der Waals surface area contributed by atoms with Gasteiger partial charge in [0.2, 0.25) is 0 Å². The van der Waals surface area contributed by atoms with Gasteiger partial charge < -0.3 is 10.1 Å². The lowest BCUT2D eigenvalue weighted by atomic mass is 10.1. The lowest BCUT2D eigenvalue weighted by molar-refractivity contribution is -0.189. The molecule has 0 radical (unpaired) electrons. The van der Waals surface area contributed by atoms with Crippen molar-refractivity contribution in [3.8, 4) is 11.4 Å². The van der Waals surface area contributed by atoms with Gasteiger partial charge in [-0.1, -0.05) is 0 Å². The zero-order valence-electron chi connectivity index (χ0n) is 18.3. The number of hydrogen-bond acceptors (Lipinski definition) is 5. The first kappa shape index (κ1) is 23.5. The number of aromatic nitrogens is 4. The molecule has 180 valence electrons. The molecule has 1 N–H and O–H groups in total.